The van der Waals surface area contributed by atoms with E-state index >= 15 is 0 Å². The molecule has 1 aromatic heterocycles. The Bertz CT molecular complexity index is 1050. The van der Waals surface area contributed by atoms with Gasteiger partial charge in [0, 0.05) is 18.3 Å². The third-order valence-electron chi connectivity index (χ3n) is 4.30. The van der Waals surface area contributed by atoms with Gasteiger partial charge in [0.2, 0.25) is 6.79 Å². The average molecular weight is 392 g/mol. The van der Waals surface area contributed by atoms with E-state index in [1.54, 1.807) is 18.2 Å². The Kier molecular flexibility index (Phi) is 5.15. The molecule has 148 valence electrons. The second kappa shape index (κ2) is 8.05. The number of nitrogens with zero attached hydrogens (tertiary/aromatic N) is 2. The number of esters is 1. The van der Waals surface area contributed by atoms with Gasteiger partial charge in [0.1, 0.15) is 17.5 Å². The summed E-state index contributed by atoms with van der Waals surface area (Å²) in [6, 6.07) is 14.7. The molecule has 4 rings (SSSR count). The van der Waals surface area contributed by atoms with Crippen molar-refractivity contribution in [2.75, 3.05) is 24.5 Å². The van der Waals surface area contributed by atoms with Crippen molar-refractivity contribution in [3.8, 4) is 11.5 Å². The summed E-state index contributed by atoms with van der Waals surface area (Å²) in [4.78, 5) is 20.6. The molecule has 3 aromatic rings. The molecule has 2 aromatic carbocycles. The summed E-state index contributed by atoms with van der Waals surface area (Å²) in [5.74, 6) is 3.03. The molecule has 0 unspecified atom stereocenters. The number of nitrogens with one attached hydrogen (secondary N) is 2. The SMILES string of the molecule is COC(=O)c1cccc(Nc2cc(NCc3ccc4c(c3)OCO4)nc(C)n2)c1. The summed E-state index contributed by atoms with van der Waals surface area (Å²) in [5.41, 5.74) is 2.24. The molecule has 0 spiro atoms. The van der Waals surface area contributed by atoms with Gasteiger partial charge in [-0.15, -0.1) is 0 Å². The van der Waals surface area contributed by atoms with E-state index in [0.717, 1.165) is 22.7 Å². The number of methoxy groups -OCH3 is 1. The minimum absolute atomic E-state index is 0.254. The van der Waals surface area contributed by atoms with E-state index in [0.29, 0.717) is 29.6 Å². The predicted molar refractivity (Wildman–Crippen MR) is 108 cm³/mol. The van der Waals surface area contributed by atoms with Gasteiger partial charge in [-0.1, -0.05) is 12.1 Å². The van der Waals surface area contributed by atoms with Crippen molar-refractivity contribution in [2.45, 2.75) is 13.5 Å². The molecule has 0 radical (unpaired) electrons. The van der Waals surface area contributed by atoms with Crippen molar-refractivity contribution >= 4 is 23.3 Å². The van der Waals surface area contributed by atoms with Crippen LogP contribution in [-0.4, -0.2) is 29.8 Å². The van der Waals surface area contributed by atoms with Gasteiger partial charge in [-0.3, -0.25) is 0 Å². The first kappa shape index (κ1) is 18.5. The van der Waals surface area contributed by atoms with Gasteiger partial charge in [0.25, 0.3) is 0 Å². The lowest BCUT2D eigenvalue weighted by atomic mass is 10.2. The van der Waals surface area contributed by atoms with Crippen LogP contribution in [0.4, 0.5) is 17.3 Å². The maximum atomic E-state index is 11.7. The first-order chi connectivity index (χ1) is 14.1. The molecule has 0 atom stereocenters. The molecule has 1 aliphatic heterocycles. The summed E-state index contributed by atoms with van der Waals surface area (Å²) < 4.78 is 15.5. The number of aromatic nitrogens is 2. The number of hydrogen-bond donors (Lipinski definition) is 2. The molecule has 0 aliphatic carbocycles. The first-order valence-electron chi connectivity index (χ1n) is 9.04. The minimum atomic E-state index is -0.390. The lowest BCUT2D eigenvalue weighted by Crippen LogP contribution is -2.06. The largest absolute Gasteiger partial charge is 0.465 e. The Hall–Kier alpha value is -3.81. The van der Waals surface area contributed by atoms with Gasteiger partial charge in [-0.2, -0.15) is 0 Å². The molecular weight excluding hydrogens is 372 g/mol. The minimum Gasteiger partial charge on any atom is -0.465 e. The lowest BCUT2D eigenvalue weighted by Gasteiger charge is -2.11. The fourth-order valence-corrected chi connectivity index (χ4v) is 2.96. The third kappa shape index (κ3) is 4.37. The molecule has 2 heterocycles. The number of hydrogen-bond acceptors (Lipinski definition) is 8. The van der Waals surface area contributed by atoms with Crippen LogP contribution in [0.25, 0.3) is 0 Å². The highest BCUT2D eigenvalue weighted by Gasteiger charge is 2.13. The van der Waals surface area contributed by atoms with E-state index in [4.69, 9.17) is 14.2 Å². The number of carbonyl (C=O) groups excluding carboxylic acids is 1. The van der Waals surface area contributed by atoms with Crippen molar-refractivity contribution in [1.29, 1.82) is 0 Å². The van der Waals surface area contributed by atoms with E-state index in [1.165, 1.54) is 7.11 Å². The van der Waals surface area contributed by atoms with Gasteiger partial charge in [-0.05, 0) is 42.8 Å². The van der Waals surface area contributed by atoms with E-state index < -0.39 is 5.97 Å². The van der Waals surface area contributed by atoms with E-state index in [-0.39, 0.29) is 6.79 Å². The summed E-state index contributed by atoms with van der Waals surface area (Å²) in [6.45, 7) is 2.65. The van der Waals surface area contributed by atoms with Crippen LogP contribution in [0.15, 0.2) is 48.5 Å². The maximum Gasteiger partial charge on any atom is 0.337 e. The van der Waals surface area contributed by atoms with Gasteiger partial charge >= 0.3 is 5.97 Å². The monoisotopic (exact) mass is 392 g/mol. The van der Waals surface area contributed by atoms with Crippen LogP contribution in [0.1, 0.15) is 21.7 Å². The van der Waals surface area contributed by atoms with Crippen molar-refractivity contribution in [3.05, 3.63) is 65.5 Å². The molecule has 1 aliphatic rings. The smallest absolute Gasteiger partial charge is 0.337 e. The van der Waals surface area contributed by atoms with E-state index in [1.807, 2.05) is 37.3 Å². The molecule has 0 bridgehead atoms. The number of aryl methyl sites for hydroxylation is 1. The fourth-order valence-electron chi connectivity index (χ4n) is 2.96. The standard InChI is InChI=1S/C21H20N4O4/c1-13-23-19(22-11-14-6-7-17-18(8-14)29-12-28-17)10-20(24-13)25-16-5-3-4-15(9-16)21(26)27-2/h3-10H,11-12H2,1-2H3,(H2,22,23,24,25). The quantitative estimate of drug-likeness (QED) is 0.614. The molecule has 8 heteroatoms. The number of benzene rings is 2. The summed E-state index contributed by atoms with van der Waals surface area (Å²) in [7, 11) is 1.36. The zero-order valence-corrected chi connectivity index (χ0v) is 16.1. The van der Waals surface area contributed by atoms with Crippen LogP contribution in [0.5, 0.6) is 11.5 Å². The van der Waals surface area contributed by atoms with Crippen molar-refractivity contribution in [2.24, 2.45) is 0 Å². The normalized spacial score (nSPS) is 11.8. The van der Waals surface area contributed by atoms with E-state index in [9.17, 15) is 4.79 Å². The molecule has 0 fully saturated rings. The lowest BCUT2D eigenvalue weighted by molar-refractivity contribution is 0.0601. The molecule has 0 saturated carbocycles. The molecule has 8 nitrogen and oxygen atoms in total. The number of fused-ring (bicyclic) bond motifs is 1. The molecule has 2 N–H and O–H groups in total. The summed E-state index contributed by atoms with van der Waals surface area (Å²) >= 11 is 0. The van der Waals surface area contributed by atoms with Gasteiger partial charge in [0.05, 0.1) is 12.7 Å². The van der Waals surface area contributed by atoms with Crippen LogP contribution in [0.3, 0.4) is 0 Å². The van der Waals surface area contributed by atoms with Crippen LogP contribution >= 0.6 is 0 Å². The summed E-state index contributed by atoms with van der Waals surface area (Å²) in [5, 5.41) is 6.50. The number of ether oxygens (including phenoxy) is 3. The maximum absolute atomic E-state index is 11.7. The van der Waals surface area contributed by atoms with Gasteiger partial charge in [0.15, 0.2) is 11.5 Å². The molecule has 0 amide bonds. The number of anilines is 3. The molecular formula is C21H20N4O4. The molecule has 29 heavy (non-hydrogen) atoms. The Labute approximate surface area is 167 Å². The Morgan fingerprint density at radius 1 is 1.07 bits per heavy atom. The fraction of sp³-hybridized carbons (Fsp3) is 0.190. The van der Waals surface area contributed by atoms with Gasteiger partial charge < -0.3 is 24.8 Å². The third-order valence-corrected chi connectivity index (χ3v) is 4.30. The number of rotatable bonds is 6. The highest BCUT2D eigenvalue weighted by molar-refractivity contribution is 5.90. The highest BCUT2D eigenvalue weighted by atomic mass is 16.7. The first-order valence-corrected chi connectivity index (χ1v) is 9.04. The van der Waals surface area contributed by atoms with Crippen molar-refractivity contribution in [3.63, 3.8) is 0 Å². The number of carbonyl (C=O) groups is 1. The van der Waals surface area contributed by atoms with E-state index in [2.05, 4.69) is 20.6 Å². The Morgan fingerprint density at radius 3 is 2.76 bits per heavy atom. The molecule has 0 saturated heterocycles. The Morgan fingerprint density at radius 2 is 1.90 bits per heavy atom. The van der Waals surface area contributed by atoms with Crippen molar-refractivity contribution in [1.82, 2.24) is 9.97 Å². The zero-order chi connectivity index (χ0) is 20.2. The summed E-state index contributed by atoms with van der Waals surface area (Å²) in [6.07, 6.45) is 0. The zero-order valence-electron chi connectivity index (χ0n) is 16.1. The van der Waals surface area contributed by atoms with Gasteiger partial charge in [-0.25, -0.2) is 14.8 Å². The second-order valence-corrected chi connectivity index (χ2v) is 6.42. The topological polar surface area (TPSA) is 94.6 Å². The van der Waals surface area contributed by atoms with Crippen LogP contribution in [-0.2, 0) is 11.3 Å². The second-order valence-electron chi connectivity index (χ2n) is 6.42. The highest BCUT2D eigenvalue weighted by Crippen LogP contribution is 2.32. The van der Waals surface area contributed by atoms with Crippen molar-refractivity contribution < 1.29 is 19.0 Å². The average Bonchev–Trinajstić information content (AvgIpc) is 3.19. The van der Waals surface area contributed by atoms with Crippen LogP contribution in [0, 0.1) is 6.92 Å². The Balaban J connectivity index is 1.47. The van der Waals surface area contributed by atoms with Crippen LogP contribution < -0.4 is 20.1 Å². The van der Waals surface area contributed by atoms with Crippen LogP contribution in [0.2, 0.25) is 0 Å². The predicted octanol–water partition coefficient (Wildman–Crippen LogP) is 3.66.